The molecular weight excluding hydrogens is 383 g/mol. The van der Waals surface area contributed by atoms with Crippen molar-refractivity contribution in [2.24, 2.45) is 17.3 Å². The molecule has 0 radical (unpaired) electrons. The summed E-state index contributed by atoms with van der Waals surface area (Å²) in [5.41, 5.74) is 1.51. The van der Waals surface area contributed by atoms with Crippen LogP contribution in [0.1, 0.15) is 26.3 Å². The van der Waals surface area contributed by atoms with Gasteiger partial charge >= 0.3 is 5.97 Å². The number of esters is 1. The fraction of sp³-hybridized carbons (Fsp3) is 0.318. The Morgan fingerprint density at radius 2 is 1.67 bits per heavy atom. The van der Waals surface area contributed by atoms with E-state index >= 15 is 0 Å². The van der Waals surface area contributed by atoms with E-state index in [1.807, 2.05) is 75.4 Å². The van der Waals surface area contributed by atoms with Crippen molar-refractivity contribution in [3.05, 3.63) is 70.2 Å². The van der Waals surface area contributed by atoms with Gasteiger partial charge in [-0.1, -0.05) is 67.4 Å². The van der Waals surface area contributed by atoms with Crippen LogP contribution in [0.25, 0.3) is 0 Å². The van der Waals surface area contributed by atoms with Crippen molar-refractivity contribution in [2.75, 3.05) is 0 Å². The van der Waals surface area contributed by atoms with Gasteiger partial charge in [-0.15, -0.1) is 0 Å². The lowest BCUT2D eigenvalue weighted by atomic mass is 10.1. The van der Waals surface area contributed by atoms with E-state index in [0.29, 0.717) is 5.75 Å². The Labute approximate surface area is 169 Å². The van der Waals surface area contributed by atoms with Crippen molar-refractivity contribution < 1.29 is 14.3 Å². The summed E-state index contributed by atoms with van der Waals surface area (Å²) in [5.74, 6) is 1.02. The van der Waals surface area contributed by atoms with Gasteiger partial charge < -0.3 is 9.47 Å². The number of benzene rings is 2. The van der Waals surface area contributed by atoms with Crippen LogP contribution in [0.2, 0.25) is 0 Å². The molecule has 142 valence electrons. The molecule has 0 N–H and O–H groups in total. The molecule has 1 aliphatic carbocycles. The van der Waals surface area contributed by atoms with Crippen molar-refractivity contribution in [3.63, 3.8) is 0 Å². The summed E-state index contributed by atoms with van der Waals surface area (Å²) in [7, 11) is 0. The van der Waals surface area contributed by atoms with E-state index in [2.05, 4.69) is 0 Å². The minimum Gasteiger partial charge on any atom is -0.461 e. The van der Waals surface area contributed by atoms with Gasteiger partial charge in [0.05, 0.1) is 5.92 Å². The van der Waals surface area contributed by atoms with Gasteiger partial charge in [0.1, 0.15) is 22.6 Å². The molecule has 3 rings (SSSR count). The van der Waals surface area contributed by atoms with E-state index in [4.69, 9.17) is 32.7 Å². The predicted molar refractivity (Wildman–Crippen MR) is 108 cm³/mol. The van der Waals surface area contributed by atoms with E-state index in [-0.39, 0.29) is 34.3 Å². The number of carbonyl (C=O) groups is 1. The zero-order chi connectivity index (χ0) is 19.6. The predicted octanol–water partition coefficient (Wildman–Crippen LogP) is 6.50. The number of hydrogen-bond donors (Lipinski definition) is 0. The highest BCUT2D eigenvalue weighted by molar-refractivity contribution is 6.56. The maximum absolute atomic E-state index is 12.5. The summed E-state index contributed by atoms with van der Waals surface area (Å²) in [6, 6.07) is 17.1. The van der Waals surface area contributed by atoms with Gasteiger partial charge in [-0.2, -0.15) is 0 Å². The summed E-state index contributed by atoms with van der Waals surface area (Å²) < 4.78 is 11.6. The second kappa shape index (κ2) is 7.95. The first-order valence-corrected chi connectivity index (χ1v) is 9.56. The molecule has 0 heterocycles. The van der Waals surface area contributed by atoms with Crippen molar-refractivity contribution in [1.82, 2.24) is 0 Å². The van der Waals surface area contributed by atoms with Crippen LogP contribution in [0.5, 0.6) is 11.5 Å². The molecule has 1 aliphatic rings. The molecule has 0 amide bonds. The molecule has 0 spiro atoms. The second-order valence-corrected chi connectivity index (χ2v) is 8.34. The number of carbonyl (C=O) groups excluding carboxylic acids is 1. The third-order valence-corrected chi connectivity index (χ3v) is 5.70. The minimum atomic E-state index is -0.228. The van der Waals surface area contributed by atoms with Crippen molar-refractivity contribution in [1.29, 1.82) is 0 Å². The highest BCUT2D eigenvalue weighted by Crippen LogP contribution is 2.63. The summed E-state index contributed by atoms with van der Waals surface area (Å²) in [5, 5.41) is 0. The summed E-state index contributed by atoms with van der Waals surface area (Å²) in [6.07, 6.45) is 0. The van der Waals surface area contributed by atoms with E-state index in [0.717, 1.165) is 16.9 Å². The van der Waals surface area contributed by atoms with Crippen LogP contribution in [0.15, 0.2) is 64.7 Å². The normalized spacial score (nSPS) is 19.9. The molecule has 0 aliphatic heterocycles. The highest BCUT2D eigenvalue weighted by atomic mass is 35.5. The Bertz CT molecular complexity index is 855. The third-order valence-electron chi connectivity index (χ3n) is 5.10. The van der Waals surface area contributed by atoms with Crippen LogP contribution in [0.3, 0.4) is 0 Å². The van der Waals surface area contributed by atoms with Crippen molar-refractivity contribution >= 4 is 29.2 Å². The maximum Gasteiger partial charge on any atom is 0.310 e. The minimum absolute atomic E-state index is 0.0164. The lowest BCUT2D eigenvalue weighted by Crippen LogP contribution is -2.10. The average Bonchev–Trinajstić information content (AvgIpc) is 3.22. The molecule has 1 fully saturated rings. The maximum atomic E-state index is 12.5. The number of hydrogen-bond acceptors (Lipinski definition) is 3. The molecule has 2 aromatic rings. The quantitative estimate of drug-likeness (QED) is 0.515. The van der Waals surface area contributed by atoms with Gasteiger partial charge in [0.2, 0.25) is 0 Å². The molecule has 5 heteroatoms. The lowest BCUT2D eigenvalue weighted by molar-refractivity contribution is -0.147. The van der Waals surface area contributed by atoms with Crippen molar-refractivity contribution in [3.8, 4) is 11.5 Å². The van der Waals surface area contributed by atoms with Crippen LogP contribution in [0, 0.1) is 17.3 Å². The Morgan fingerprint density at radius 1 is 1.00 bits per heavy atom. The Hall–Kier alpha value is -1.97. The first kappa shape index (κ1) is 19.8. The third kappa shape index (κ3) is 4.48. The molecule has 3 nitrogen and oxygen atoms in total. The smallest absolute Gasteiger partial charge is 0.310 e. The largest absolute Gasteiger partial charge is 0.461 e. The standard InChI is InChI=1S/C22H22Cl2O3/c1-14(20(23)24)18-19(22(18,2)3)21(25)26-13-15-8-7-11-17(12-15)27-16-9-5-4-6-10-16/h4-12,18-19H,13H2,1-3H3. The molecule has 2 aromatic carbocycles. The van der Waals surface area contributed by atoms with E-state index in [9.17, 15) is 4.79 Å². The zero-order valence-electron chi connectivity index (χ0n) is 15.5. The second-order valence-electron chi connectivity index (χ2n) is 7.39. The van der Waals surface area contributed by atoms with Crippen LogP contribution in [-0.4, -0.2) is 5.97 Å². The summed E-state index contributed by atoms with van der Waals surface area (Å²) in [4.78, 5) is 12.5. The Balaban J connectivity index is 1.61. The number of allylic oxidation sites excluding steroid dienone is 1. The molecular formula is C22H22Cl2O3. The van der Waals surface area contributed by atoms with Gasteiger partial charge in [-0.25, -0.2) is 0 Å². The van der Waals surface area contributed by atoms with Crippen LogP contribution < -0.4 is 4.74 Å². The van der Waals surface area contributed by atoms with E-state index in [1.54, 1.807) is 0 Å². The molecule has 1 saturated carbocycles. The monoisotopic (exact) mass is 404 g/mol. The van der Waals surface area contributed by atoms with Crippen LogP contribution in [-0.2, 0) is 16.1 Å². The fourth-order valence-corrected chi connectivity index (χ4v) is 3.81. The van der Waals surface area contributed by atoms with Crippen LogP contribution >= 0.6 is 23.2 Å². The molecule has 2 atom stereocenters. The zero-order valence-corrected chi connectivity index (χ0v) is 17.1. The first-order valence-electron chi connectivity index (χ1n) is 8.81. The summed E-state index contributed by atoms with van der Waals surface area (Å²) in [6.45, 7) is 6.11. The summed E-state index contributed by atoms with van der Waals surface area (Å²) >= 11 is 11.8. The van der Waals surface area contributed by atoms with Gasteiger partial charge in [-0.3, -0.25) is 4.79 Å². The van der Waals surface area contributed by atoms with Gasteiger partial charge in [0.15, 0.2) is 0 Å². The lowest BCUT2D eigenvalue weighted by Gasteiger charge is -2.09. The van der Waals surface area contributed by atoms with Crippen LogP contribution in [0.4, 0.5) is 0 Å². The average molecular weight is 405 g/mol. The van der Waals surface area contributed by atoms with Crippen molar-refractivity contribution in [2.45, 2.75) is 27.4 Å². The fourth-order valence-electron chi connectivity index (χ4n) is 3.57. The van der Waals surface area contributed by atoms with E-state index < -0.39 is 0 Å². The topological polar surface area (TPSA) is 35.5 Å². The Morgan fingerprint density at radius 3 is 2.33 bits per heavy atom. The number of halogens is 2. The van der Waals surface area contributed by atoms with Gasteiger partial charge in [0, 0.05) is 5.92 Å². The Kier molecular flexibility index (Phi) is 5.83. The molecule has 0 bridgehead atoms. The number of rotatable bonds is 6. The first-order chi connectivity index (χ1) is 12.8. The molecule has 27 heavy (non-hydrogen) atoms. The van der Waals surface area contributed by atoms with Gasteiger partial charge in [0.25, 0.3) is 0 Å². The van der Waals surface area contributed by atoms with Gasteiger partial charge in [-0.05, 0) is 47.7 Å². The molecule has 2 unspecified atom stereocenters. The number of ether oxygens (including phenoxy) is 2. The highest BCUT2D eigenvalue weighted by Gasteiger charge is 2.63. The molecule has 0 aromatic heterocycles. The molecule has 0 saturated heterocycles. The SMILES string of the molecule is CC(=C(Cl)Cl)C1C(C(=O)OCc2cccc(Oc3ccccc3)c2)C1(C)C. The van der Waals surface area contributed by atoms with E-state index in [1.165, 1.54) is 0 Å². The number of para-hydroxylation sites is 1.